The molecule has 0 amide bonds. The van der Waals surface area contributed by atoms with Crippen molar-refractivity contribution in [1.29, 1.82) is 0 Å². The average molecular weight is 205 g/mol. The van der Waals surface area contributed by atoms with Gasteiger partial charge in [-0.2, -0.15) is 0 Å². The molecule has 0 saturated carbocycles. The highest BCUT2D eigenvalue weighted by Gasteiger charge is 2.11. The van der Waals surface area contributed by atoms with Crippen LogP contribution in [0.1, 0.15) is 11.6 Å². The number of phenolic OH excluding ortho intramolecular Hbond substituents is 2. The molecule has 1 aromatic carbocycles. The van der Waals surface area contributed by atoms with E-state index in [4.69, 9.17) is 16.6 Å². The molecule has 0 aliphatic rings. The molecule has 4 nitrogen and oxygen atoms in total. The maximum atomic E-state index is 9.31. The number of aromatic hydroxyl groups is 2. The first-order chi connectivity index (χ1) is 5.66. The molecule has 0 saturated heterocycles. The van der Waals surface area contributed by atoms with Crippen molar-refractivity contribution in [2.45, 2.75) is 6.04 Å². The lowest BCUT2D eigenvalue weighted by atomic mass is 10.1. The summed E-state index contributed by atoms with van der Waals surface area (Å²) in [7, 11) is 0. The monoisotopic (exact) mass is 204 g/mol. The third-order valence-electron chi connectivity index (χ3n) is 1.70. The van der Waals surface area contributed by atoms with Crippen LogP contribution >= 0.6 is 12.4 Å². The Hall–Kier alpha value is -0.970. The van der Waals surface area contributed by atoms with Crippen molar-refractivity contribution in [3.05, 3.63) is 23.8 Å². The fourth-order valence-corrected chi connectivity index (χ4v) is 0.975. The molecule has 13 heavy (non-hydrogen) atoms. The standard InChI is InChI=1S/C8H12N2O2.ClH/c9-4-6(10)5-2-1-3-7(11)8(5)12;/h1-3,6,11-12H,4,9-10H2;1H/t6-;/m1./s1. The molecule has 6 N–H and O–H groups in total. The fraction of sp³-hybridized carbons (Fsp3) is 0.250. The van der Waals surface area contributed by atoms with Gasteiger partial charge in [-0.3, -0.25) is 0 Å². The van der Waals surface area contributed by atoms with Gasteiger partial charge in [0.15, 0.2) is 11.5 Å². The summed E-state index contributed by atoms with van der Waals surface area (Å²) >= 11 is 0. The summed E-state index contributed by atoms with van der Waals surface area (Å²) in [5.74, 6) is -0.355. The van der Waals surface area contributed by atoms with Gasteiger partial charge in [-0.05, 0) is 6.07 Å². The molecule has 0 bridgehead atoms. The molecule has 1 aromatic rings. The Morgan fingerprint density at radius 2 is 1.92 bits per heavy atom. The number of phenols is 2. The molecule has 0 spiro atoms. The molecule has 0 aliphatic heterocycles. The summed E-state index contributed by atoms with van der Waals surface area (Å²) in [5, 5.41) is 18.4. The van der Waals surface area contributed by atoms with Crippen LogP contribution in [0.2, 0.25) is 0 Å². The molecule has 0 aromatic heterocycles. The van der Waals surface area contributed by atoms with Crippen LogP contribution in [0.5, 0.6) is 11.5 Å². The van der Waals surface area contributed by atoms with E-state index < -0.39 is 6.04 Å². The average Bonchev–Trinajstić information content (AvgIpc) is 2.08. The van der Waals surface area contributed by atoms with Crippen LogP contribution in [0.3, 0.4) is 0 Å². The highest BCUT2D eigenvalue weighted by atomic mass is 35.5. The molecule has 0 unspecified atom stereocenters. The van der Waals surface area contributed by atoms with Crippen LogP contribution < -0.4 is 11.5 Å². The van der Waals surface area contributed by atoms with Crippen LogP contribution in [0.4, 0.5) is 0 Å². The molecule has 5 heteroatoms. The van der Waals surface area contributed by atoms with Gasteiger partial charge in [-0.15, -0.1) is 12.4 Å². The summed E-state index contributed by atoms with van der Waals surface area (Å²) in [6, 6.07) is 4.20. The van der Waals surface area contributed by atoms with Crippen LogP contribution in [0, 0.1) is 0 Å². The van der Waals surface area contributed by atoms with Gasteiger partial charge in [-0.25, -0.2) is 0 Å². The van der Waals surface area contributed by atoms with Gasteiger partial charge in [0, 0.05) is 18.2 Å². The molecule has 0 fully saturated rings. The van der Waals surface area contributed by atoms with E-state index in [0.717, 1.165) is 0 Å². The highest BCUT2D eigenvalue weighted by Crippen LogP contribution is 2.30. The zero-order chi connectivity index (χ0) is 9.14. The van der Waals surface area contributed by atoms with E-state index >= 15 is 0 Å². The zero-order valence-electron chi connectivity index (χ0n) is 6.97. The Morgan fingerprint density at radius 1 is 1.31 bits per heavy atom. The predicted octanol–water partition coefficient (Wildman–Crippen LogP) is 0.478. The second kappa shape index (κ2) is 4.91. The number of benzene rings is 1. The third kappa shape index (κ3) is 2.48. The highest BCUT2D eigenvalue weighted by molar-refractivity contribution is 5.85. The van der Waals surface area contributed by atoms with Crippen LogP contribution in [0.15, 0.2) is 18.2 Å². The van der Waals surface area contributed by atoms with Gasteiger partial charge in [0.2, 0.25) is 0 Å². The van der Waals surface area contributed by atoms with Gasteiger partial charge >= 0.3 is 0 Å². The van der Waals surface area contributed by atoms with Crippen molar-refractivity contribution < 1.29 is 10.2 Å². The van der Waals surface area contributed by atoms with Gasteiger partial charge in [-0.1, -0.05) is 12.1 Å². The van der Waals surface area contributed by atoms with Crippen molar-refractivity contribution in [2.24, 2.45) is 11.5 Å². The summed E-state index contributed by atoms with van der Waals surface area (Å²) in [5.41, 5.74) is 11.3. The Bertz CT molecular complexity index is 281. The topological polar surface area (TPSA) is 92.5 Å². The lowest BCUT2D eigenvalue weighted by Crippen LogP contribution is -2.20. The van der Waals surface area contributed by atoms with E-state index in [2.05, 4.69) is 0 Å². The summed E-state index contributed by atoms with van der Waals surface area (Å²) in [6.45, 7) is 0.233. The Labute approximate surface area is 82.6 Å². The maximum Gasteiger partial charge on any atom is 0.162 e. The van der Waals surface area contributed by atoms with Crippen molar-refractivity contribution in [1.82, 2.24) is 0 Å². The number of hydrogen-bond donors (Lipinski definition) is 4. The van der Waals surface area contributed by atoms with Gasteiger partial charge < -0.3 is 21.7 Å². The lowest BCUT2D eigenvalue weighted by Gasteiger charge is -2.11. The second-order valence-electron chi connectivity index (χ2n) is 2.56. The molecular weight excluding hydrogens is 192 g/mol. The molecule has 74 valence electrons. The molecular formula is C8H13ClN2O2. The van der Waals surface area contributed by atoms with Crippen molar-refractivity contribution in [3.8, 4) is 11.5 Å². The summed E-state index contributed by atoms with van der Waals surface area (Å²) < 4.78 is 0. The summed E-state index contributed by atoms with van der Waals surface area (Å²) in [6.07, 6.45) is 0. The summed E-state index contributed by atoms with van der Waals surface area (Å²) in [4.78, 5) is 0. The van der Waals surface area contributed by atoms with Crippen molar-refractivity contribution in [3.63, 3.8) is 0 Å². The quantitative estimate of drug-likeness (QED) is 0.528. The van der Waals surface area contributed by atoms with Crippen LogP contribution in [0.25, 0.3) is 0 Å². The minimum atomic E-state index is -0.433. The number of hydrogen-bond acceptors (Lipinski definition) is 4. The molecule has 1 atom stereocenters. The maximum absolute atomic E-state index is 9.31. The molecule has 0 aliphatic carbocycles. The van der Waals surface area contributed by atoms with E-state index in [-0.39, 0.29) is 30.5 Å². The lowest BCUT2D eigenvalue weighted by molar-refractivity contribution is 0.396. The number of nitrogens with two attached hydrogens (primary N) is 2. The Kier molecular flexibility index (Phi) is 4.55. The van der Waals surface area contributed by atoms with Crippen molar-refractivity contribution in [2.75, 3.05) is 6.54 Å². The van der Waals surface area contributed by atoms with E-state index in [1.807, 2.05) is 0 Å². The largest absolute Gasteiger partial charge is 0.504 e. The van der Waals surface area contributed by atoms with E-state index in [1.165, 1.54) is 6.07 Å². The van der Waals surface area contributed by atoms with Gasteiger partial charge in [0.25, 0.3) is 0 Å². The van der Waals surface area contributed by atoms with Gasteiger partial charge in [0.05, 0.1) is 0 Å². The Balaban J connectivity index is 0.00000144. The van der Waals surface area contributed by atoms with Crippen LogP contribution in [-0.2, 0) is 0 Å². The minimum absolute atomic E-state index is 0. The van der Waals surface area contributed by atoms with Crippen LogP contribution in [-0.4, -0.2) is 16.8 Å². The second-order valence-corrected chi connectivity index (χ2v) is 2.56. The first-order valence-corrected chi connectivity index (χ1v) is 3.63. The number of halogens is 1. The molecule has 0 radical (unpaired) electrons. The third-order valence-corrected chi connectivity index (χ3v) is 1.70. The van der Waals surface area contributed by atoms with Gasteiger partial charge in [0.1, 0.15) is 0 Å². The van der Waals surface area contributed by atoms with E-state index in [1.54, 1.807) is 12.1 Å². The predicted molar refractivity (Wildman–Crippen MR) is 53.0 cm³/mol. The van der Waals surface area contributed by atoms with E-state index in [0.29, 0.717) is 5.56 Å². The minimum Gasteiger partial charge on any atom is -0.504 e. The van der Waals surface area contributed by atoms with Crippen molar-refractivity contribution >= 4 is 12.4 Å². The SMILES string of the molecule is Cl.NC[C@@H](N)c1cccc(O)c1O. The molecule has 0 heterocycles. The normalized spacial score (nSPS) is 11.8. The molecule has 1 rings (SSSR count). The first-order valence-electron chi connectivity index (χ1n) is 3.63. The Morgan fingerprint density at radius 3 is 2.46 bits per heavy atom. The fourth-order valence-electron chi connectivity index (χ4n) is 0.975. The number of para-hydroxylation sites is 1. The first kappa shape index (κ1) is 12.0. The smallest absolute Gasteiger partial charge is 0.162 e. The number of rotatable bonds is 2. The zero-order valence-corrected chi connectivity index (χ0v) is 7.79. The van der Waals surface area contributed by atoms with E-state index in [9.17, 15) is 5.11 Å².